The molecule has 0 bridgehead atoms. The van der Waals surface area contributed by atoms with Crippen molar-refractivity contribution in [2.24, 2.45) is 0 Å². The molecule has 2 aromatic rings. The van der Waals surface area contributed by atoms with Crippen LogP contribution in [0.2, 0.25) is 0 Å². The standard InChI is InChI=1S/C14H16N2O4/c1-18-9-11-12(19-2)15-13(20-3)14(17)16(11)10-7-5-4-6-8-10/h4-8H,9H2,1-3H3. The summed E-state index contributed by atoms with van der Waals surface area (Å²) >= 11 is 0. The van der Waals surface area contributed by atoms with Crippen molar-refractivity contribution in [3.63, 3.8) is 0 Å². The highest BCUT2D eigenvalue weighted by molar-refractivity contribution is 5.38. The van der Waals surface area contributed by atoms with Gasteiger partial charge in [0.1, 0.15) is 5.69 Å². The van der Waals surface area contributed by atoms with Crippen molar-refractivity contribution in [1.82, 2.24) is 9.55 Å². The number of benzene rings is 1. The zero-order valence-electron chi connectivity index (χ0n) is 11.6. The average molecular weight is 276 g/mol. The molecule has 0 spiro atoms. The van der Waals surface area contributed by atoms with Gasteiger partial charge in [-0.15, -0.1) is 0 Å². The first kappa shape index (κ1) is 14.1. The van der Waals surface area contributed by atoms with Crippen LogP contribution in [0.1, 0.15) is 5.69 Å². The van der Waals surface area contributed by atoms with Crippen LogP contribution in [0.5, 0.6) is 11.8 Å². The number of ether oxygens (including phenoxy) is 3. The highest BCUT2D eigenvalue weighted by atomic mass is 16.5. The van der Waals surface area contributed by atoms with E-state index in [9.17, 15) is 4.79 Å². The van der Waals surface area contributed by atoms with E-state index >= 15 is 0 Å². The van der Waals surface area contributed by atoms with Gasteiger partial charge in [-0.1, -0.05) is 18.2 Å². The molecule has 0 saturated heterocycles. The predicted octanol–water partition coefficient (Wildman–Crippen LogP) is 1.40. The summed E-state index contributed by atoms with van der Waals surface area (Å²) in [5.41, 5.74) is 0.877. The van der Waals surface area contributed by atoms with E-state index in [1.165, 1.54) is 18.8 Å². The van der Waals surface area contributed by atoms with Crippen LogP contribution in [0.15, 0.2) is 35.1 Å². The van der Waals surface area contributed by atoms with Gasteiger partial charge in [-0.05, 0) is 12.1 Å². The maximum Gasteiger partial charge on any atom is 0.318 e. The van der Waals surface area contributed by atoms with Gasteiger partial charge in [0.15, 0.2) is 0 Å². The van der Waals surface area contributed by atoms with Crippen LogP contribution in [-0.4, -0.2) is 30.9 Å². The molecule has 6 heteroatoms. The van der Waals surface area contributed by atoms with Crippen molar-refractivity contribution in [2.45, 2.75) is 6.61 Å². The summed E-state index contributed by atoms with van der Waals surface area (Å²) in [4.78, 5) is 16.5. The molecule has 0 aliphatic heterocycles. The van der Waals surface area contributed by atoms with Gasteiger partial charge in [-0.25, -0.2) is 0 Å². The first-order valence-corrected chi connectivity index (χ1v) is 6.01. The summed E-state index contributed by atoms with van der Waals surface area (Å²) in [7, 11) is 4.43. The second-order valence-electron chi connectivity index (χ2n) is 3.99. The maximum absolute atomic E-state index is 12.4. The van der Waals surface area contributed by atoms with Crippen LogP contribution in [0.25, 0.3) is 5.69 Å². The molecule has 106 valence electrons. The normalized spacial score (nSPS) is 10.3. The molecule has 0 saturated carbocycles. The summed E-state index contributed by atoms with van der Waals surface area (Å²) in [6.07, 6.45) is 0. The molecule has 0 aliphatic rings. The van der Waals surface area contributed by atoms with E-state index < -0.39 is 0 Å². The Balaban J connectivity index is 2.77. The van der Waals surface area contributed by atoms with Crippen LogP contribution in [0, 0.1) is 0 Å². The summed E-state index contributed by atoms with van der Waals surface area (Å²) in [5, 5.41) is 0. The Hall–Kier alpha value is -2.34. The number of hydrogen-bond acceptors (Lipinski definition) is 5. The molecule has 0 atom stereocenters. The van der Waals surface area contributed by atoms with E-state index in [0.29, 0.717) is 17.3 Å². The smallest absolute Gasteiger partial charge is 0.318 e. The molecule has 0 unspecified atom stereocenters. The molecule has 20 heavy (non-hydrogen) atoms. The fourth-order valence-electron chi connectivity index (χ4n) is 1.93. The SMILES string of the molecule is COCc1c(OC)nc(OC)c(=O)n1-c1ccccc1. The van der Waals surface area contributed by atoms with Crippen LogP contribution in [0.4, 0.5) is 0 Å². The second kappa shape index (κ2) is 6.21. The van der Waals surface area contributed by atoms with Crippen LogP contribution >= 0.6 is 0 Å². The lowest BCUT2D eigenvalue weighted by Gasteiger charge is -2.16. The Morgan fingerprint density at radius 2 is 1.70 bits per heavy atom. The van der Waals surface area contributed by atoms with Crippen LogP contribution < -0.4 is 15.0 Å². The highest BCUT2D eigenvalue weighted by Crippen LogP contribution is 2.20. The molecule has 0 amide bonds. The number of aromatic nitrogens is 2. The third-order valence-electron chi connectivity index (χ3n) is 2.79. The summed E-state index contributed by atoms with van der Waals surface area (Å²) in [6.45, 7) is 0.199. The zero-order valence-corrected chi connectivity index (χ0v) is 11.6. The van der Waals surface area contributed by atoms with E-state index in [0.717, 1.165) is 0 Å². The maximum atomic E-state index is 12.4. The first-order chi connectivity index (χ1) is 9.72. The third-order valence-corrected chi connectivity index (χ3v) is 2.79. The lowest BCUT2D eigenvalue weighted by molar-refractivity contribution is 0.173. The molecule has 1 aromatic heterocycles. The van der Waals surface area contributed by atoms with Crippen molar-refractivity contribution in [1.29, 1.82) is 0 Å². The highest BCUT2D eigenvalue weighted by Gasteiger charge is 2.18. The summed E-state index contributed by atoms with van der Waals surface area (Å²) in [5.74, 6) is 0.276. The molecular formula is C14H16N2O4. The molecule has 6 nitrogen and oxygen atoms in total. The van der Waals surface area contributed by atoms with Crippen molar-refractivity contribution >= 4 is 0 Å². The summed E-state index contributed by atoms with van der Waals surface area (Å²) in [6, 6.07) is 9.20. The van der Waals surface area contributed by atoms with Crippen molar-refractivity contribution in [2.75, 3.05) is 21.3 Å². The molecule has 0 radical (unpaired) electrons. The molecule has 1 aromatic carbocycles. The predicted molar refractivity (Wildman–Crippen MR) is 73.7 cm³/mol. The Bertz CT molecular complexity index is 638. The lowest BCUT2D eigenvalue weighted by Crippen LogP contribution is -2.25. The van der Waals surface area contributed by atoms with E-state index in [2.05, 4.69) is 4.98 Å². The lowest BCUT2D eigenvalue weighted by atomic mass is 10.3. The van der Waals surface area contributed by atoms with E-state index in [4.69, 9.17) is 14.2 Å². The van der Waals surface area contributed by atoms with Crippen LogP contribution in [0.3, 0.4) is 0 Å². The molecule has 0 aliphatic carbocycles. The van der Waals surface area contributed by atoms with Gasteiger partial charge in [-0.2, -0.15) is 4.98 Å². The minimum Gasteiger partial charge on any atom is -0.480 e. The van der Waals surface area contributed by atoms with Gasteiger partial charge in [0.25, 0.3) is 5.88 Å². The Kier molecular flexibility index (Phi) is 4.37. The largest absolute Gasteiger partial charge is 0.480 e. The number of methoxy groups -OCH3 is 3. The monoisotopic (exact) mass is 276 g/mol. The van der Waals surface area contributed by atoms with Gasteiger partial charge in [0, 0.05) is 12.8 Å². The van der Waals surface area contributed by atoms with Gasteiger partial charge < -0.3 is 14.2 Å². The molecule has 0 fully saturated rings. The average Bonchev–Trinajstić information content (AvgIpc) is 2.49. The van der Waals surface area contributed by atoms with Crippen molar-refractivity contribution in [3.8, 4) is 17.4 Å². The topological polar surface area (TPSA) is 62.6 Å². The van der Waals surface area contributed by atoms with Gasteiger partial charge in [-0.3, -0.25) is 9.36 Å². The first-order valence-electron chi connectivity index (χ1n) is 6.01. The van der Waals surface area contributed by atoms with Gasteiger partial charge in [0.05, 0.1) is 20.8 Å². The quantitative estimate of drug-likeness (QED) is 0.826. The third kappa shape index (κ3) is 2.50. The van der Waals surface area contributed by atoms with Gasteiger partial charge >= 0.3 is 5.56 Å². The molecule has 2 rings (SSSR count). The summed E-state index contributed by atoms with van der Waals surface area (Å²) < 4.78 is 16.9. The van der Waals surface area contributed by atoms with Crippen molar-refractivity contribution < 1.29 is 14.2 Å². The number of hydrogen-bond donors (Lipinski definition) is 0. The van der Waals surface area contributed by atoms with E-state index in [1.807, 2.05) is 30.3 Å². The second-order valence-corrected chi connectivity index (χ2v) is 3.99. The number of para-hydroxylation sites is 1. The van der Waals surface area contributed by atoms with E-state index in [1.54, 1.807) is 7.11 Å². The zero-order chi connectivity index (χ0) is 14.5. The minimum absolute atomic E-state index is 0.0226. The molecule has 0 N–H and O–H groups in total. The van der Waals surface area contributed by atoms with Crippen molar-refractivity contribution in [3.05, 3.63) is 46.4 Å². The van der Waals surface area contributed by atoms with E-state index in [-0.39, 0.29) is 18.0 Å². The minimum atomic E-state index is -0.355. The molecular weight excluding hydrogens is 260 g/mol. The van der Waals surface area contributed by atoms with Crippen LogP contribution in [-0.2, 0) is 11.3 Å². The fraction of sp³-hybridized carbons (Fsp3) is 0.286. The fourth-order valence-corrected chi connectivity index (χ4v) is 1.93. The Morgan fingerprint density at radius 1 is 1.05 bits per heavy atom. The van der Waals surface area contributed by atoms with Gasteiger partial charge in [0.2, 0.25) is 5.88 Å². The number of nitrogens with zero attached hydrogens (tertiary/aromatic N) is 2. The Morgan fingerprint density at radius 3 is 2.25 bits per heavy atom. The Labute approximate surface area is 116 Å². The molecule has 1 heterocycles. The number of rotatable bonds is 5.